The molecule has 0 unspecified atom stereocenters. The number of nitrogens with one attached hydrogen (secondary N) is 1. The van der Waals surface area contributed by atoms with Crippen molar-refractivity contribution in [3.63, 3.8) is 0 Å². The van der Waals surface area contributed by atoms with E-state index in [1.54, 1.807) is 6.07 Å². The van der Waals surface area contributed by atoms with E-state index >= 15 is 0 Å². The molecule has 1 N–H and O–H groups in total. The van der Waals surface area contributed by atoms with Crippen molar-refractivity contribution in [2.75, 3.05) is 26.2 Å². The molecule has 0 spiro atoms. The zero-order chi connectivity index (χ0) is 11.7. The van der Waals surface area contributed by atoms with Crippen LogP contribution in [-0.4, -0.2) is 36.2 Å². The number of piperazine rings is 1. The van der Waals surface area contributed by atoms with Crippen LogP contribution in [-0.2, 0) is 6.54 Å². The lowest BCUT2D eigenvalue weighted by molar-refractivity contribution is 0.227. The van der Waals surface area contributed by atoms with Crippen molar-refractivity contribution in [2.45, 2.75) is 6.54 Å². The van der Waals surface area contributed by atoms with Crippen molar-refractivity contribution < 1.29 is 8.91 Å². The topological polar surface area (TPSA) is 41.3 Å². The van der Waals surface area contributed by atoms with E-state index in [-0.39, 0.29) is 5.82 Å². The largest absolute Gasteiger partial charge is 0.356 e. The zero-order valence-corrected chi connectivity index (χ0v) is 9.45. The second kappa shape index (κ2) is 4.43. The van der Waals surface area contributed by atoms with Crippen LogP contribution in [0.1, 0.15) is 5.69 Å². The first-order chi connectivity index (χ1) is 8.33. The Labute approximate surface area is 98.4 Å². The average Bonchev–Trinajstić information content (AvgIpc) is 2.73. The van der Waals surface area contributed by atoms with E-state index in [4.69, 9.17) is 4.52 Å². The summed E-state index contributed by atoms with van der Waals surface area (Å²) < 4.78 is 18.4. The van der Waals surface area contributed by atoms with Gasteiger partial charge in [-0.25, -0.2) is 4.39 Å². The van der Waals surface area contributed by atoms with Crippen LogP contribution in [0.15, 0.2) is 22.7 Å². The number of benzene rings is 1. The molecule has 1 aliphatic heterocycles. The minimum absolute atomic E-state index is 0.248. The number of hydrogen-bond donors (Lipinski definition) is 1. The lowest BCUT2D eigenvalue weighted by atomic mass is 10.2. The molecule has 17 heavy (non-hydrogen) atoms. The molecule has 90 valence electrons. The fourth-order valence-corrected chi connectivity index (χ4v) is 2.16. The minimum Gasteiger partial charge on any atom is -0.356 e. The SMILES string of the molecule is Fc1ccc2onc(CN3CCNCC3)c2c1. The molecule has 4 nitrogen and oxygen atoms in total. The normalized spacial score (nSPS) is 17.7. The van der Waals surface area contributed by atoms with Crippen molar-refractivity contribution in [3.05, 3.63) is 29.7 Å². The van der Waals surface area contributed by atoms with Gasteiger partial charge in [0.1, 0.15) is 11.5 Å². The first-order valence-corrected chi connectivity index (χ1v) is 5.80. The van der Waals surface area contributed by atoms with E-state index in [1.807, 2.05) is 0 Å². The number of nitrogens with zero attached hydrogens (tertiary/aromatic N) is 2. The summed E-state index contributed by atoms with van der Waals surface area (Å²) in [6.07, 6.45) is 0. The predicted molar refractivity (Wildman–Crippen MR) is 62.1 cm³/mol. The maximum Gasteiger partial charge on any atom is 0.167 e. The van der Waals surface area contributed by atoms with Crippen LogP contribution in [0.3, 0.4) is 0 Å². The molecule has 3 rings (SSSR count). The fraction of sp³-hybridized carbons (Fsp3) is 0.417. The third-order valence-corrected chi connectivity index (χ3v) is 3.09. The van der Waals surface area contributed by atoms with Crippen LogP contribution in [0.5, 0.6) is 0 Å². The van der Waals surface area contributed by atoms with Gasteiger partial charge >= 0.3 is 0 Å². The Balaban J connectivity index is 1.86. The number of halogens is 1. The van der Waals surface area contributed by atoms with Crippen molar-refractivity contribution in [3.8, 4) is 0 Å². The van der Waals surface area contributed by atoms with E-state index in [2.05, 4.69) is 15.4 Å². The summed E-state index contributed by atoms with van der Waals surface area (Å²) in [6.45, 7) is 4.68. The van der Waals surface area contributed by atoms with Crippen LogP contribution in [0, 0.1) is 5.82 Å². The molecule has 1 aliphatic rings. The van der Waals surface area contributed by atoms with Crippen LogP contribution in [0.4, 0.5) is 4.39 Å². The van der Waals surface area contributed by atoms with Crippen LogP contribution in [0.2, 0.25) is 0 Å². The van der Waals surface area contributed by atoms with Gasteiger partial charge in [-0.05, 0) is 18.2 Å². The number of aromatic nitrogens is 1. The summed E-state index contributed by atoms with van der Waals surface area (Å²) in [6, 6.07) is 4.50. The summed E-state index contributed by atoms with van der Waals surface area (Å²) >= 11 is 0. The molecule has 2 heterocycles. The molecule has 1 saturated heterocycles. The molecule has 0 radical (unpaired) electrons. The van der Waals surface area contributed by atoms with Gasteiger partial charge in [-0.3, -0.25) is 4.90 Å². The van der Waals surface area contributed by atoms with Gasteiger partial charge in [-0.1, -0.05) is 5.16 Å². The van der Waals surface area contributed by atoms with Gasteiger partial charge in [0.15, 0.2) is 5.58 Å². The molecule has 0 aliphatic carbocycles. The second-order valence-corrected chi connectivity index (χ2v) is 4.30. The quantitative estimate of drug-likeness (QED) is 0.853. The maximum atomic E-state index is 13.2. The van der Waals surface area contributed by atoms with Gasteiger partial charge in [-0.15, -0.1) is 0 Å². The summed E-state index contributed by atoms with van der Waals surface area (Å²) in [5, 5.41) is 8.10. The van der Waals surface area contributed by atoms with Gasteiger partial charge in [-0.2, -0.15) is 0 Å². The summed E-state index contributed by atoms with van der Waals surface area (Å²) in [4.78, 5) is 2.29. The smallest absolute Gasteiger partial charge is 0.167 e. The van der Waals surface area contributed by atoms with Gasteiger partial charge in [0, 0.05) is 38.1 Å². The molecule has 1 fully saturated rings. The molecule has 1 aromatic carbocycles. The maximum absolute atomic E-state index is 13.2. The molecule has 0 bridgehead atoms. The van der Waals surface area contributed by atoms with Gasteiger partial charge in [0.25, 0.3) is 0 Å². The highest BCUT2D eigenvalue weighted by Gasteiger charge is 2.15. The Morgan fingerprint density at radius 1 is 1.35 bits per heavy atom. The summed E-state index contributed by atoms with van der Waals surface area (Å²) in [5.41, 5.74) is 1.47. The van der Waals surface area contributed by atoms with Crippen molar-refractivity contribution in [1.29, 1.82) is 0 Å². The molecule has 0 saturated carbocycles. The molecule has 0 atom stereocenters. The van der Waals surface area contributed by atoms with E-state index < -0.39 is 0 Å². The molecule has 1 aromatic heterocycles. The lowest BCUT2D eigenvalue weighted by Gasteiger charge is -2.26. The van der Waals surface area contributed by atoms with E-state index in [0.29, 0.717) is 5.58 Å². The number of hydrogen-bond acceptors (Lipinski definition) is 4. The van der Waals surface area contributed by atoms with Crippen LogP contribution in [0.25, 0.3) is 11.0 Å². The van der Waals surface area contributed by atoms with Crippen LogP contribution >= 0.6 is 0 Å². The third kappa shape index (κ3) is 2.16. The summed E-state index contributed by atoms with van der Waals surface area (Å²) in [5.74, 6) is -0.248. The molecule has 5 heteroatoms. The van der Waals surface area contributed by atoms with Gasteiger partial charge in [0.2, 0.25) is 0 Å². The average molecular weight is 235 g/mol. The molecule has 0 amide bonds. The highest BCUT2D eigenvalue weighted by Crippen LogP contribution is 2.20. The first-order valence-electron chi connectivity index (χ1n) is 5.80. The molecular weight excluding hydrogens is 221 g/mol. The number of rotatable bonds is 2. The second-order valence-electron chi connectivity index (χ2n) is 4.30. The highest BCUT2D eigenvalue weighted by atomic mass is 19.1. The number of fused-ring (bicyclic) bond motifs is 1. The zero-order valence-electron chi connectivity index (χ0n) is 9.45. The van der Waals surface area contributed by atoms with E-state index in [9.17, 15) is 4.39 Å². The Kier molecular flexibility index (Phi) is 2.78. The highest BCUT2D eigenvalue weighted by molar-refractivity contribution is 5.79. The van der Waals surface area contributed by atoms with Crippen molar-refractivity contribution in [1.82, 2.24) is 15.4 Å². The Morgan fingerprint density at radius 2 is 2.18 bits per heavy atom. The fourth-order valence-electron chi connectivity index (χ4n) is 2.16. The van der Waals surface area contributed by atoms with Gasteiger partial charge < -0.3 is 9.84 Å². The molecule has 2 aromatic rings. The standard InChI is InChI=1S/C12H14FN3O/c13-9-1-2-12-10(7-9)11(15-17-12)8-16-5-3-14-4-6-16/h1-2,7,14H,3-6,8H2. The Bertz CT molecular complexity index is 519. The first kappa shape index (κ1) is 10.7. The van der Waals surface area contributed by atoms with Crippen molar-refractivity contribution in [2.24, 2.45) is 0 Å². The minimum atomic E-state index is -0.248. The lowest BCUT2D eigenvalue weighted by Crippen LogP contribution is -2.42. The third-order valence-electron chi connectivity index (χ3n) is 3.09. The van der Waals surface area contributed by atoms with Crippen LogP contribution < -0.4 is 5.32 Å². The predicted octanol–water partition coefficient (Wildman–Crippen LogP) is 1.37. The molecular formula is C12H14FN3O. The Morgan fingerprint density at radius 3 is 3.00 bits per heavy atom. The van der Waals surface area contributed by atoms with Gasteiger partial charge in [0.05, 0.1) is 0 Å². The van der Waals surface area contributed by atoms with Crippen molar-refractivity contribution >= 4 is 11.0 Å². The van der Waals surface area contributed by atoms with E-state index in [0.717, 1.165) is 43.8 Å². The summed E-state index contributed by atoms with van der Waals surface area (Å²) in [7, 11) is 0. The van der Waals surface area contributed by atoms with E-state index in [1.165, 1.54) is 12.1 Å². The Hall–Kier alpha value is -1.46. The monoisotopic (exact) mass is 235 g/mol.